The fourth-order valence-corrected chi connectivity index (χ4v) is 3.79. The Morgan fingerprint density at radius 3 is 2.54 bits per heavy atom. The van der Waals surface area contributed by atoms with E-state index in [0.717, 1.165) is 22.7 Å². The number of carbonyl (C=O) groups is 2. The molecule has 0 saturated heterocycles. The van der Waals surface area contributed by atoms with E-state index in [1.807, 2.05) is 50.5 Å². The lowest BCUT2D eigenvalue weighted by atomic mass is 10.1. The van der Waals surface area contributed by atoms with E-state index in [1.54, 1.807) is 4.90 Å². The number of thioether (sulfide) groups is 1. The summed E-state index contributed by atoms with van der Waals surface area (Å²) in [5, 5.41) is 2.91. The van der Waals surface area contributed by atoms with E-state index in [4.69, 9.17) is 0 Å². The summed E-state index contributed by atoms with van der Waals surface area (Å²) in [7, 11) is 4.07. The second kappa shape index (κ2) is 8.38. The first-order valence-electron chi connectivity index (χ1n) is 8.54. The van der Waals surface area contributed by atoms with Gasteiger partial charge < -0.3 is 15.1 Å². The number of nitrogens with one attached hydrogen (secondary N) is 1. The lowest BCUT2D eigenvalue weighted by molar-refractivity contribution is -0.123. The minimum absolute atomic E-state index is 0.0307. The van der Waals surface area contributed by atoms with E-state index >= 15 is 0 Å². The summed E-state index contributed by atoms with van der Waals surface area (Å²) < 4.78 is 0. The number of fused-ring (bicyclic) bond motifs is 1. The standard InChI is InChI=1S/C20H23N3O2S/c1-22(2)12-16-9-7-15(8-10-16)11-21-19(24)13-23-17-5-3-4-6-18(17)26-14-20(23)25/h3-10H,11-14H2,1-2H3,(H,21,24). The molecule has 136 valence electrons. The van der Waals surface area contributed by atoms with Crippen molar-refractivity contribution in [2.75, 3.05) is 31.3 Å². The summed E-state index contributed by atoms with van der Waals surface area (Å²) in [6.07, 6.45) is 0. The Balaban J connectivity index is 1.57. The summed E-state index contributed by atoms with van der Waals surface area (Å²) in [6.45, 7) is 1.40. The number of benzene rings is 2. The van der Waals surface area contributed by atoms with Gasteiger partial charge >= 0.3 is 0 Å². The molecule has 0 unspecified atom stereocenters. The number of anilines is 1. The van der Waals surface area contributed by atoms with Crippen LogP contribution in [-0.2, 0) is 22.7 Å². The Morgan fingerprint density at radius 1 is 1.12 bits per heavy atom. The Bertz CT molecular complexity index is 790. The largest absolute Gasteiger partial charge is 0.350 e. The van der Waals surface area contributed by atoms with Gasteiger partial charge in [-0.15, -0.1) is 11.8 Å². The van der Waals surface area contributed by atoms with E-state index in [-0.39, 0.29) is 18.4 Å². The van der Waals surface area contributed by atoms with Gasteiger partial charge in [0.25, 0.3) is 0 Å². The molecule has 5 nitrogen and oxygen atoms in total. The van der Waals surface area contributed by atoms with Crippen LogP contribution in [0.15, 0.2) is 53.4 Å². The second-order valence-electron chi connectivity index (χ2n) is 6.57. The minimum Gasteiger partial charge on any atom is -0.350 e. The smallest absolute Gasteiger partial charge is 0.240 e. The summed E-state index contributed by atoms with van der Waals surface area (Å²) in [6, 6.07) is 15.9. The number of hydrogen-bond donors (Lipinski definition) is 1. The number of nitrogens with zero attached hydrogens (tertiary/aromatic N) is 2. The van der Waals surface area contributed by atoms with Crippen LogP contribution in [0, 0.1) is 0 Å². The van der Waals surface area contributed by atoms with Gasteiger partial charge in [0.05, 0.1) is 11.4 Å². The molecule has 2 aromatic carbocycles. The molecular formula is C20H23N3O2S. The Kier molecular flexibility index (Phi) is 5.96. The molecular weight excluding hydrogens is 346 g/mol. The highest BCUT2D eigenvalue weighted by molar-refractivity contribution is 8.00. The van der Waals surface area contributed by atoms with Crippen molar-refractivity contribution in [2.24, 2.45) is 0 Å². The lowest BCUT2D eigenvalue weighted by Gasteiger charge is -2.28. The average molecular weight is 369 g/mol. The van der Waals surface area contributed by atoms with Crippen molar-refractivity contribution in [3.8, 4) is 0 Å². The first kappa shape index (κ1) is 18.5. The zero-order chi connectivity index (χ0) is 18.5. The fraction of sp³-hybridized carbons (Fsp3) is 0.300. The number of para-hydroxylation sites is 1. The lowest BCUT2D eigenvalue weighted by Crippen LogP contribution is -2.43. The monoisotopic (exact) mass is 369 g/mol. The topological polar surface area (TPSA) is 52.7 Å². The molecule has 1 heterocycles. The molecule has 0 fully saturated rings. The molecule has 1 N–H and O–H groups in total. The number of carbonyl (C=O) groups excluding carboxylic acids is 2. The molecule has 0 radical (unpaired) electrons. The summed E-state index contributed by atoms with van der Waals surface area (Å²) in [5.41, 5.74) is 3.09. The summed E-state index contributed by atoms with van der Waals surface area (Å²) >= 11 is 1.52. The third-order valence-electron chi connectivity index (χ3n) is 4.12. The van der Waals surface area contributed by atoms with Crippen LogP contribution >= 0.6 is 11.8 Å². The predicted molar refractivity (Wildman–Crippen MR) is 105 cm³/mol. The van der Waals surface area contributed by atoms with Gasteiger partial charge in [-0.25, -0.2) is 0 Å². The zero-order valence-electron chi connectivity index (χ0n) is 15.1. The highest BCUT2D eigenvalue weighted by Crippen LogP contribution is 2.34. The number of hydrogen-bond acceptors (Lipinski definition) is 4. The maximum Gasteiger partial charge on any atom is 0.240 e. The maximum atomic E-state index is 12.3. The Labute approximate surface area is 158 Å². The molecule has 0 aromatic heterocycles. The van der Waals surface area contributed by atoms with E-state index in [0.29, 0.717) is 12.3 Å². The van der Waals surface area contributed by atoms with E-state index in [1.165, 1.54) is 17.3 Å². The van der Waals surface area contributed by atoms with Crippen molar-refractivity contribution < 1.29 is 9.59 Å². The van der Waals surface area contributed by atoms with Gasteiger partial charge in [0, 0.05) is 18.0 Å². The van der Waals surface area contributed by atoms with Crippen LogP contribution in [0.1, 0.15) is 11.1 Å². The molecule has 1 aliphatic heterocycles. The van der Waals surface area contributed by atoms with Crippen molar-refractivity contribution in [1.29, 1.82) is 0 Å². The zero-order valence-corrected chi connectivity index (χ0v) is 15.9. The Morgan fingerprint density at radius 2 is 1.81 bits per heavy atom. The third kappa shape index (κ3) is 4.65. The number of amides is 2. The first-order chi connectivity index (χ1) is 12.5. The SMILES string of the molecule is CN(C)Cc1ccc(CNC(=O)CN2C(=O)CSc3ccccc32)cc1. The van der Waals surface area contributed by atoms with Crippen molar-refractivity contribution in [1.82, 2.24) is 10.2 Å². The van der Waals surface area contributed by atoms with Gasteiger partial charge in [0.15, 0.2) is 0 Å². The molecule has 0 saturated carbocycles. The predicted octanol–water partition coefficient (Wildman–Crippen LogP) is 2.50. The number of rotatable bonds is 6. The fourth-order valence-electron chi connectivity index (χ4n) is 2.86. The Hall–Kier alpha value is -2.31. The van der Waals surface area contributed by atoms with Gasteiger partial charge in [-0.2, -0.15) is 0 Å². The highest BCUT2D eigenvalue weighted by atomic mass is 32.2. The molecule has 0 aliphatic carbocycles. The van der Waals surface area contributed by atoms with Crippen LogP contribution < -0.4 is 10.2 Å². The molecule has 0 bridgehead atoms. The van der Waals surface area contributed by atoms with Crippen LogP contribution in [0.4, 0.5) is 5.69 Å². The van der Waals surface area contributed by atoms with Crippen LogP contribution in [0.2, 0.25) is 0 Å². The molecule has 2 amide bonds. The second-order valence-corrected chi connectivity index (χ2v) is 7.58. The van der Waals surface area contributed by atoms with Gasteiger partial charge in [0.2, 0.25) is 11.8 Å². The van der Waals surface area contributed by atoms with E-state index in [9.17, 15) is 9.59 Å². The van der Waals surface area contributed by atoms with Crippen molar-refractivity contribution in [3.05, 3.63) is 59.7 Å². The maximum absolute atomic E-state index is 12.3. The molecule has 26 heavy (non-hydrogen) atoms. The van der Waals surface area contributed by atoms with Crippen LogP contribution in [-0.4, -0.2) is 43.1 Å². The summed E-state index contributed by atoms with van der Waals surface area (Å²) in [4.78, 5) is 29.3. The third-order valence-corrected chi connectivity index (χ3v) is 5.17. The minimum atomic E-state index is -0.155. The van der Waals surface area contributed by atoms with Crippen LogP contribution in [0.25, 0.3) is 0 Å². The quantitative estimate of drug-likeness (QED) is 0.850. The van der Waals surface area contributed by atoms with Gasteiger partial charge in [-0.05, 0) is 37.4 Å². The van der Waals surface area contributed by atoms with Gasteiger partial charge in [-0.3, -0.25) is 9.59 Å². The molecule has 6 heteroatoms. The highest BCUT2D eigenvalue weighted by Gasteiger charge is 2.25. The van der Waals surface area contributed by atoms with Gasteiger partial charge in [-0.1, -0.05) is 36.4 Å². The normalized spacial score (nSPS) is 13.7. The van der Waals surface area contributed by atoms with Crippen LogP contribution in [0.3, 0.4) is 0 Å². The van der Waals surface area contributed by atoms with Crippen molar-refractivity contribution in [2.45, 2.75) is 18.0 Å². The van der Waals surface area contributed by atoms with E-state index in [2.05, 4.69) is 22.3 Å². The summed E-state index contributed by atoms with van der Waals surface area (Å²) in [5.74, 6) is 0.187. The van der Waals surface area contributed by atoms with Crippen molar-refractivity contribution >= 4 is 29.3 Å². The van der Waals surface area contributed by atoms with Gasteiger partial charge in [0.1, 0.15) is 6.54 Å². The molecule has 1 aliphatic rings. The molecule has 0 atom stereocenters. The van der Waals surface area contributed by atoms with Crippen molar-refractivity contribution in [3.63, 3.8) is 0 Å². The van der Waals surface area contributed by atoms with Crippen LogP contribution in [0.5, 0.6) is 0 Å². The molecule has 3 rings (SSSR count). The average Bonchev–Trinajstić information content (AvgIpc) is 2.63. The first-order valence-corrected chi connectivity index (χ1v) is 9.53. The molecule has 2 aromatic rings. The van der Waals surface area contributed by atoms with E-state index < -0.39 is 0 Å². The molecule has 0 spiro atoms.